The van der Waals surface area contributed by atoms with Crippen molar-refractivity contribution in [1.82, 2.24) is 0 Å². The van der Waals surface area contributed by atoms with Gasteiger partial charge in [0.1, 0.15) is 37.3 Å². The van der Waals surface area contributed by atoms with Crippen LogP contribution in [0.1, 0.15) is 32.8 Å². The highest BCUT2D eigenvalue weighted by Gasteiger charge is 2.63. The third-order valence-electron chi connectivity index (χ3n) is 6.42. The SMILES string of the molecule is C#CC[C@@](O)(C#CC1=C[C@H]2O[C@@H]2[C@@]1(COC(C)=O)OCc1ccc(OC)cc1)C(COC(C)=O)OCCOCC. The number of carbonyl (C=O) groups excluding carboxylic acids is 2. The summed E-state index contributed by atoms with van der Waals surface area (Å²) in [7, 11) is 1.58. The minimum atomic E-state index is -1.88. The quantitative estimate of drug-likeness (QED) is 0.148. The molecule has 1 aliphatic heterocycles. The average molecular weight is 557 g/mol. The van der Waals surface area contributed by atoms with Crippen molar-refractivity contribution in [2.45, 2.75) is 63.3 Å². The molecule has 1 fully saturated rings. The molecule has 1 aromatic carbocycles. The summed E-state index contributed by atoms with van der Waals surface area (Å²) in [6.45, 7) is 5.04. The zero-order valence-electron chi connectivity index (χ0n) is 23.3. The van der Waals surface area contributed by atoms with E-state index in [9.17, 15) is 14.7 Å². The van der Waals surface area contributed by atoms with Gasteiger partial charge >= 0.3 is 11.9 Å². The number of rotatable bonds is 15. The summed E-state index contributed by atoms with van der Waals surface area (Å²) in [6.07, 6.45) is 5.38. The minimum absolute atomic E-state index is 0.121. The molecule has 1 aliphatic carbocycles. The fourth-order valence-corrected chi connectivity index (χ4v) is 4.22. The Kier molecular flexibility index (Phi) is 11.1. The summed E-state index contributed by atoms with van der Waals surface area (Å²) in [5.74, 6) is 7.95. The predicted molar refractivity (Wildman–Crippen MR) is 143 cm³/mol. The number of hydrogen-bond donors (Lipinski definition) is 1. The van der Waals surface area contributed by atoms with Gasteiger partial charge in [-0.1, -0.05) is 24.0 Å². The van der Waals surface area contributed by atoms with E-state index in [-0.39, 0.29) is 45.6 Å². The first kappa shape index (κ1) is 31.2. The Balaban J connectivity index is 1.90. The maximum atomic E-state index is 11.8. The van der Waals surface area contributed by atoms with Gasteiger partial charge in [0.25, 0.3) is 0 Å². The number of carbonyl (C=O) groups is 2. The van der Waals surface area contributed by atoms with Crippen molar-refractivity contribution in [2.24, 2.45) is 0 Å². The van der Waals surface area contributed by atoms with Crippen molar-refractivity contribution in [3.8, 4) is 29.9 Å². The number of benzene rings is 1. The summed E-state index contributed by atoms with van der Waals surface area (Å²) in [6, 6.07) is 7.35. The van der Waals surface area contributed by atoms with Crippen LogP contribution in [0.25, 0.3) is 0 Å². The second kappa shape index (κ2) is 14.3. The van der Waals surface area contributed by atoms with Crippen LogP contribution in [0.15, 0.2) is 35.9 Å². The zero-order chi connectivity index (χ0) is 29.2. The van der Waals surface area contributed by atoms with Crippen LogP contribution in [-0.4, -0.2) is 86.7 Å². The third kappa shape index (κ3) is 8.07. The summed E-state index contributed by atoms with van der Waals surface area (Å²) in [4.78, 5) is 23.3. The highest BCUT2D eigenvalue weighted by Crippen LogP contribution is 2.48. The van der Waals surface area contributed by atoms with E-state index in [1.54, 1.807) is 13.2 Å². The van der Waals surface area contributed by atoms with Gasteiger partial charge in [-0.3, -0.25) is 9.59 Å². The van der Waals surface area contributed by atoms with Crippen LogP contribution in [0, 0.1) is 24.2 Å². The summed E-state index contributed by atoms with van der Waals surface area (Å²) >= 11 is 0. The van der Waals surface area contributed by atoms with Crippen LogP contribution in [0.3, 0.4) is 0 Å². The number of fused-ring (bicyclic) bond motifs is 1. The molecule has 1 heterocycles. The maximum Gasteiger partial charge on any atom is 0.302 e. The molecule has 1 aromatic rings. The van der Waals surface area contributed by atoms with Gasteiger partial charge in [-0.25, -0.2) is 0 Å². The lowest BCUT2D eigenvalue weighted by Crippen LogP contribution is -2.47. The van der Waals surface area contributed by atoms with Crippen LogP contribution < -0.4 is 4.74 Å². The smallest absolute Gasteiger partial charge is 0.302 e. The Morgan fingerprint density at radius 3 is 2.52 bits per heavy atom. The molecule has 40 heavy (non-hydrogen) atoms. The van der Waals surface area contributed by atoms with Crippen molar-refractivity contribution in [3.63, 3.8) is 0 Å². The molecule has 216 valence electrons. The van der Waals surface area contributed by atoms with E-state index in [1.165, 1.54) is 13.8 Å². The topological polar surface area (TPSA) is 122 Å². The largest absolute Gasteiger partial charge is 0.497 e. The van der Waals surface area contributed by atoms with Crippen molar-refractivity contribution in [3.05, 3.63) is 41.5 Å². The predicted octanol–water partition coefficient (Wildman–Crippen LogP) is 1.96. The first-order valence-electron chi connectivity index (χ1n) is 13.0. The van der Waals surface area contributed by atoms with E-state index >= 15 is 0 Å². The molecule has 0 spiro atoms. The maximum absolute atomic E-state index is 11.8. The lowest BCUT2D eigenvalue weighted by molar-refractivity contribution is -0.154. The van der Waals surface area contributed by atoms with Crippen LogP contribution in [0.2, 0.25) is 0 Å². The molecular weight excluding hydrogens is 520 g/mol. The van der Waals surface area contributed by atoms with Gasteiger partial charge in [0, 0.05) is 26.0 Å². The summed E-state index contributed by atoms with van der Waals surface area (Å²) in [5, 5.41) is 11.6. The van der Waals surface area contributed by atoms with Crippen molar-refractivity contribution in [1.29, 1.82) is 0 Å². The lowest BCUT2D eigenvalue weighted by Gasteiger charge is -2.32. The molecule has 2 aliphatic rings. The van der Waals surface area contributed by atoms with Gasteiger partial charge < -0.3 is 38.3 Å². The fraction of sp³-hybridized carbons (Fsp3) is 0.533. The van der Waals surface area contributed by atoms with Crippen molar-refractivity contribution in [2.75, 3.05) is 40.1 Å². The molecule has 0 aromatic heterocycles. The van der Waals surface area contributed by atoms with E-state index < -0.39 is 35.3 Å². The fourth-order valence-electron chi connectivity index (χ4n) is 4.22. The van der Waals surface area contributed by atoms with E-state index in [0.29, 0.717) is 17.9 Å². The lowest BCUT2D eigenvalue weighted by atomic mass is 9.90. The molecule has 1 unspecified atom stereocenters. The molecule has 10 heteroatoms. The monoisotopic (exact) mass is 556 g/mol. The molecule has 0 amide bonds. The second-order valence-electron chi connectivity index (χ2n) is 9.32. The number of aliphatic hydroxyl groups is 1. The highest BCUT2D eigenvalue weighted by atomic mass is 16.6. The molecule has 5 atom stereocenters. The Hall–Kier alpha value is -3.38. The van der Waals surface area contributed by atoms with E-state index in [1.807, 2.05) is 31.2 Å². The molecule has 1 N–H and O–H groups in total. The standard InChI is InChI=1S/C30H36O10/c1-6-13-29(33,27(19-37-21(3)31)36-16-15-35-7-2)14-12-24-17-26-28(40-26)30(24,20-38-22(4)32)39-18-23-8-10-25(34-5)11-9-23/h1,8-11,17,26-28,33H,7,13,15-16,18-20H2,2-5H3/t26-,27?,28+,29-,30+/m1/s1. The van der Waals surface area contributed by atoms with Gasteiger partial charge in [-0.2, -0.15) is 0 Å². The zero-order valence-corrected chi connectivity index (χ0v) is 23.3. The van der Waals surface area contributed by atoms with Crippen LogP contribution >= 0.6 is 0 Å². The number of methoxy groups -OCH3 is 1. The number of epoxide rings is 1. The third-order valence-corrected chi connectivity index (χ3v) is 6.42. The number of hydrogen-bond acceptors (Lipinski definition) is 10. The van der Waals surface area contributed by atoms with Crippen molar-refractivity contribution >= 4 is 11.9 Å². The van der Waals surface area contributed by atoms with Gasteiger partial charge in [-0.05, 0) is 30.7 Å². The van der Waals surface area contributed by atoms with E-state index in [4.69, 9.17) is 39.6 Å². The summed E-state index contributed by atoms with van der Waals surface area (Å²) in [5.41, 5.74) is -1.76. The number of ether oxygens (including phenoxy) is 7. The first-order valence-corrected chi connectivity index (χ1v) is 13.0. The Bertz CT molecular complexity index is 1160. The normalized spacial score (nSPS) is 22.9. The molecule has 1 saturated heterocycles. The van der Waals surface area contributed by atoms with Crippen molar-refractivity contribution < 1.29 is 47.9 Å². The average Bonchev–Trinajstić information content (AvgIpc) is 3.64. The first-order chi connectivity index (χ1) is 19.2. The Morgan fingerprint density at radius 1 is 1.18 bits per heavy atom. The molecule has 0 bridgehead atoms. The van der Waals surface area contributed by atoms with Crippen LogP contribution in [0.4, 0.5) is 0 Å². The molecule has 10 nitrogen and oxygen atoms in total. The number of esters is 2. The number of terminal acetylenes is 1. The molecule has 0 radical (unpaired) electrons. The summed E-state index contributed by atoms with van der Waals surface area (Å²) < 4.78 is 39.0. The van der Waals surface area contributed by atoms with Gasteiger partial charge in [0.2, 0.25) is 0 Å². The van der Waals surface area contributed by atoms with E-state index in [2.05, 4.69) is 17.8 Å². The molecule has 0 saturated carbocycles. The van der Waals surface area contributed by atoms with Crippen LogP contribution in [-0.2, 0) is 44.6 Å². The van der Waals surface area contributed by atoms with Gasteiger partial charge in [0.15, 0.2) is 11.2 Å². The second-order valence-corrected chi connectivity index (χ2v) is 9.32. The van der Waals surface area contributed by atoms with Crippen LogP contribution in [0.5, 0.6) is 5.75 Å². The Morgan fingerprint density at radius 2 is 1.90 bits per heavy atom. The minimum Gasteiger partial charge on any atom is -0.497 e. The van der Waals surface area contributed by atoms with Gasteiger partial charge in [-0.15, -0.1) is 12.3 Å². The molecule has 3 rings (SSSR count). The molecular formula is C30H36O10. The highest BCUT2D eigenvalue weighted by molar-refractivity contribution is 5.66. The Labute approximate surface area is 234 Å². The van der Waals surface area contributed by atoms with E-state index in [0.717, 1.165) is 5.56 Å². The van der Waals surface area contributed by atoms with Gasteiger partial charge in [0.05, 0.1) is 33.4 Å².